The fraction of sp³-hybridized carbons (Fsp3) is 0.375. The van der Waals surface area contributed by atoms with Gasteiger partial charge in [0.05, 0.1) is 20.0 Å². The van der Waals surface area contributed by atoms with Crippen molar-refractivity contribution in [1.29, 1.82) is 0 Å². The third-order valence-corrected chi connectivity index (χ3v) is 7.79. The van der Waals surface area contributed by atoms with Crippen LogP contribution in [-0.2, 0) is 22.2 Å². The maximum Gasteiger partial charge on any atom is 0.335 e. The van der Waals surface area contributed by atoms with E-state index in [1.165, 1.54) is 20.3 Å². The molecule has 14 heteroatoms. The number of fused-ring (bicyclic) bond motifs is 1. The second-order valence-corrected chi connectivity index (χ2v) is 10.4. The summed E-state index contributed by atoms with van der Waals surface area (Å²) in [5, 5.41) is 1.50. The van der Waals surface area contributed by atoms with Crippen molar-refractivity contribution in [2.75, 3.05) is 19.5 Å². The number of hydrogen-bond donors (Lipinski definition) is 2. The molecule has 2 amide bonds. The van der Waals surface area contributed by atoms with Gasteiger partial charge in [0, 0.05) is 0 Å². The van der Waals surface area contributed by atoms with Crippen LogP contribution in [0.2, 0.25) is 0 Å². The molecule has 1 atom stereocenters. The van der Waals surface area contributed by atoms with Crippen LogP contribution in [-0.4, -0.2) is 58.0 Å². The van der Waals surface area contributed by atoms with Gasteiger partial charge in [-0.1, -0.05) is 25.1 Å². The van der Waals surface area contributed by atoms with Gasteiger partial charge in [-0.15, -0.1) is 4.98 Å². The first kappa shape index (κ1) is 22.0. The maximum atomic E-state index is 12.5. The summed E-state index contributed by atoms with van der Waals surface area (Å²) in [7, 11) is -5.29. The molecule has 12 nitrogen and oxygen atoms in total. The minimum absolute atomic E-state index is 0.00947. The van der Waals surface area contributed by atoms with Crippen LogP contribution < -0.4 is 19.5 Å². The fourth-order valence-corrected chi connectivity index (χ4v) is 5.95. The summed E-state index contributed by atoms with van der Waals surface area (Å²) >= 11 is 0. The molecule has 1 aromatic heterocycles. The van der Waals surface area contributed by atoms with Gasteiger partial charge < -0.3 is 29.2 Å². The number of methoxy groups -OCH3 is 2. The molecule has 1 unspecified atom stereocenters. The maximum absolute atomic E-state index is 12.5. The molecule has 0 saturated heterocycles. The predicted octanol–water partition coefficient (Wildman–Crippen LogP) is 0.909. The van der Waals surface area contributed by atoms with Crippen LogP contribution in [0, 0.1) is 0 Å². The Balaban J connectivity index is 1.76. The van der Waals surface area contributed by atoms with Crippen LogP contribution in [0.5, 0.6) is 12.0 Å². The van der Waals surface area contributed by atoms with Gasteiger partial charge in [-0.25, -0.2) is 17.9 Å². The van der Waals surface area contributed by atoms with E-state index in [0.717, 1.165) is 0 Å². The number of nitrogens with zero attached hydrogens (tertiary/aromatic N) is 3. The average Bonchev–Trinajstić information content (AvgIpc) is 2.89. The molecule has 0 saturated carbocycles. The summed E-state index contributed by atoms with van der Waals surface area (Å²) in [6.07, 6.45) is 0.308. The van der Waals surface area contributed by atoms with Crippen molar-refractivity contribution in [3.63, 3.8) is 0 Å². The van der Waals surface area contributed by atoms with Crippen LogP contribution in [0.25, 0.3) is 0 Å². The molecule has 30 heavy (non-hydrogen) atoms. The molecule has 0 bridgehead atoms. The second-order valence-electron chi connectivity index (χ2n) is 6.41. The summed E-state index contributed by atoms with van der Waals surface area (Å²) in [6, 6.07) is 3.19. The smallest absolute Gasteiger partial charge is 0.335 e. The van der Waals surface area contributed by atoms with E-state index in [-0.39, 0.29) is 28.4 Å². The lowest BCUT2D eigenvalue weighted by Crippen LogP contribution is -2.36. The highest BCUT2D eigenvalue weighted by molar-refractivity contribution is 8.25. The lowest BCUT2D eigenvalue weighted by molar-refractivity contribution is 0.256. The number of carbonyl (C=O) groups excluding carboxylic acids is 1. The van der Waals surface area contributed by atoms with Gasteiger partial charge in [-0.2, -0.15) is 9.97 Å². The highest BCUT2D eigenvalue weighted by Crippen LogP contribution is 2.60. The number of sulfone groups is 1. The Kier molecular flexibility index (Phi) is 6.03. The number of anilines is 1. The van der Waals surface area contributed by atoms with E-state index in [2.05, 4.69) is 20.3 Å². The second kappa shape index (κ2) is 8.22. The number of rotatable bonds is 6. The zero-order chi connectivity index (χ0) is 22.1. The van der Waals surface area contributed by atoms with Gasteiger partial charge in [-0.3, -0.25) is 5.32 Å². The van der Waals surface area contributed by atoms with Gasteiger partial charge >= 0.3 is 18.1 Å². The SMILES string of the molecule is COc1nc(NC(=O)NS(=O)(=O)Cc2cccc3c2S([O-])([O-])C(C)C3)nc(OC)n1. The van der Waals surface area contributed by atoms with Gasteiger partial charge in [0.1, 0.15) is 0 Å². The molecular weight excluding hydrogens is 438 g/mol. The van der Waals surface area contributed by atoms with Crippen molar-refractivity contribution in [3.8, 4) is 12.0 Å². The molecule has 164 valence electrons. The number of benzene rings is 1. The summed E-state index contributed by atoms with van der Waals surface area (Å²) in [6.45, 7) is 1.57. The summed E-state index contributed by atoms with van der Waals surface area (Å²) in [5.74, 6) is -0.997. The summed E-state index contributed by atoms with van der Waals surface area (Å²) < 4.78 is 61.5. The number of amides is 2. The van der Waals surface area contributed by atoms with Crippen LogP contribution in [0.3, 0.4) is 0 Å². The third-order valence-electron chi connectivity index (χ3n) is 4.28. The van der Waals surface area contributed by atoms with Crippen molar-refractivity contribution >= 4 is 32.6 Å². The van der Waals surface area contributed by atoms with E-state index in [1.54, 1.807) is 23.8 Å². The van der Waals surface area contributed by atoms with Crippen LogP contribution in [0.4, 0.5) is 10.7 Å². The lowest BCUT2D eigenvalue weighted by Gasteiger charge is -2.61. The quantitative estimate of drug-likeness (QED) is 0.633. The highest BCUT2D eigenvalue weighted by atomic mass is 32.3. The van der Waals surface area contributed by atoms with Crippen molar-refractivity contribution < 1.29 is 31.8 Å². The van der Waals surface area contributed by atoms with Crippen molar-refractivity contribution in [2.45, 2.75) is 29.2 Å². The van der Waals surface area contributed by atoms with Gasteiger partial charge in [0.25, 0.3) is 0 Å². The lowest BCUT2D eigenvalue weighted by atomic mass is 10.1. The third kappa shape index (κ3) is 4.56. The van der Waals surface area contributed by atoms with Crippen molar-refractivity contribution in [2.24, 2.45) is 0 Å². The monoisotopic (exact) mass is 457 g/mol. The van der Waals surface area contributed by atoms with E-state index >= 15 is 0 Å². The predicted molar refractivity (Wildman–Crippen MR) is 105 cm³/mol. The molecule has 2 aromatic rings. The van der Waals surface area contributed by atoms with Crippen LogP contribution >= 0.6 is 10.6 Å². The van der Waals surface area contributed by atoms with Crippen molar-refractivity contribution in [3.05, 3.63) is 29.3 Å². The molecule has 0 radical (unpaired) electrons. The first-order valence-electron chi connectivity index (χ1n) is 8.56. The van der Waals surface area contributed by atoms with E-state index in [9.17, 15) is 22.3 Å². The molecule has 2 N–H and O–H groups in total. The van der Waals surface area contributed by atoms with Crippen LogP contribution in [0.1, 0.15) is 18.1 Å². The Bertz CT molecular complexity index is 1060. The first-order chi connectivity index (χ1) is 14.1. The summed E-state index contributed by atoms with van der Waals surface area (Å²) in [4.78, 5) is 23.4. The number of urea groups is 1. The fourth-order valence-electron chi connectivity index (χ4n) is 2.98. The molecule has 0 spiro atoms. The number of ether oxygens (including phenoxy) is 2. The molecule has 1 aliphatic rings. The van der Waals surface area contributed by atoms with Gasteiger partial charge in [0.15, 0.2) is 0 Å². The van der Waals surface area contributed by atoms with Crippen molar-refractivity contribution in [1.82, 2.24) is 19.7 Å². The first-order valence-corrected chi connectivity index (χ1v) is 11.8. The van der Waals surface area contributed by atoms with E-state index in [1.807, 2.05) is 0 Å². The Hall–Kier alpha value is -2.68. The number of hydrogen-bond acceptors (Lipinski definition) is 10. The average molecular weight is 457 g/mol. The number of nitrogens with one attached hydrogen (secondary N) is 2. The zero-order valence-electron chi connectivity index (χ0n) is 16.2. The molecule has 1 aliphatic heterocycles. The Morgan fingerprint density at radius 1 is 1.20 bits per heavy atom. The number of sulfonamides is 1. The van der Waals surface area contributed by atoms with E-state index in [0.29, 0.717) is 12.0 Å². The highest BCUT2D eigenvalue weighted by Gasteiger charge is 2.27. The van der Waals surface area contributed by atoms with Crippen LogP contribution in [0.15, 0.2) is 23.1 Å². The molecule has 0 fully saturated rings. The molecule has 3 rings (SSSR count). The largest absolute Gasteiger partial charge is 0.796 e. The Morgan fingerprint density at radius 3 is 2.43 bits per heavy atom. The minimum Gasteiger partial charge on any atom is -0.796 e. The minimum atomic E-state index is -4.23. The Morgan fingerprint density at radius 2 is 1.83 bits per heavy atom. The molecule has 0 aliphatic carbocycles. The zero-order valence-corrected chi connectivity index (χ0v) is 17.9. The normalized spacial score (nSPS) is 18.2. The van der Waals surface area contributed by atoms with Gasteiger partial charge in [0.2, 0.25) is 16.0 Å². The molecule has 2 heterocycles. The standard InChI is InChI=1S/C16H21N5O7S2/c1-9-7-10-5-4-6-11(12(10)30(9,25)26)8-29(23,24)21-14(22)17-13-18-15(27-2)20-16(19-13)28-3/h4-6,9,25-26H,7-8H2,1-3H3,(H2,17,18,19,20,21,22)/p-2. The van der Waals surface area contributed by atoms with E-state index in [4.69, 9.17) is 9.47 Å². The van der Waals surface area contributed by atoms with Gasteiger partial charge in [-0.05, 0) is 27.7 Å². The topological polar surface area (TPSA) is 179 Å². The Labute approximate surface area is 174 Å². The number of carbonyl (C=O) groups is 1. The number of aromatic nitrogens is 3. The molecular formula is C16H19N5O7S2-2. The summed E-state index contributed by atoms with van der Waals surface area (Å²) in [5.41, 5.74) is 0.657. The van der Waals surface area contributed by atoms with E-state index < -0.39 is 37.6 Å². The molecule has 1 aromatic carbocycles.